The van der Waals surface area contributed by atoms with Crippen molar-refractivity contribution in [3.8, 4) is 0 Å². The molecule has 1 N–H and O–H groups in total. The van der Waals surface area contributed by atoms with Gasteiger partial charge in [-0.3, -0.25) is 4.79 Å². The summed E-state index contributed by atoms with van der Waals surface area (Å²) in [5.74, 6) is -0.405. The molecule has 6 heteroatoms. The van der Waals surface area contributed by atoms with Crippen molar-refractivity contribution in [1.29, 1.82) is 0 Å². The summed E-state index contributed by atoms with van der Waals surface area (Å²) >= 11 is 0. The van der Waals surface area contributed by atoms with E-state index in [4.69, 9.17) is 4.74 Å². The lowest BCUT2D eigenvalue weighted by Gasteiger charge is -2.17. The second-order valence-electron chi connectivity index (χ2n) is 5.28. The van der Waals surface area contributed by atoms with Crippen LogP contribution in [0.25, 0.3) is 0 Å². The molecule has 0 amide bonds. The Kier molecular flexibility index (Phi) is 5.00. The molecule has 1 aromatic rings. The van der Waals surface area contributed by atoms with E-state index in [9.17, 15) is 13.2 Å². The number of nitrogens with one attached hydrogen (secondary N) is 1. The lowest BCUT2D eigenvalue weighted by molar-refractivity contribution is -0.143. The first kappa shape index (κ1) is 16.0. The SMILES string of the molecule is CCOC(=O)CCCS(=O)(=O)NC1(c2ccccc2)CC1. The van der Waals surface area contributed by atoms with Crippen molar-refractivity contribution in [2.45, 2.75) is 38.1 Å². The quantitative estimate of drug-likeness (QED) is 0.745. The first-order valence-corrected chi connectivity index (χ1v) is 8.85. The van der Waals surface area contributed by atoms with Gasteiger partial charge in [-0.25, -0.2) is 13.1 Å². The highest BCUT2D eigenvalue weighted by molar-refractivity contribution is 7.89. The van der Waals surface area contributed by atoms with Crippen LogP contribution in [-0.2, 0) is 25.1 Å². The molecule has 0 bridgehead atoms. The number of sulfonamides is 1. The third kappa shape index (κ3) is 4.54. The van der Waals surface area contributed by atoms with Crippen molar-refractivity contribution >= 4 is 16.0 Å². The molecule has 1 saturated carbocycles. The van der Waals surface area contributed by atoms with E-state index in [-0.39, 0.29) is 24.6 Å². The predicted octanol–water partition coefficient (Wildman–Crippen LogP) is 1.94. The van der Waals surface area contributed by atoms with Crippen molar-refractivity contribution in [2.75, 3.05) is 12.4 Å². The zero-order valence-electron chi connectivity index (χ0n) is 12.2. The van der Waals surface area contributed by atoms with Crippen molar-refractivity contribution in [2.24, 2.45) is 0 Å². The molecule has 0 radical (unpaired) electrons. The van der Waals surface area contributed by atoms with Gasteiger partial charge in [0.1, 0.15) is 0 Å². The van der Waals surface area contributed by atoms with Crippen molar-refractivity contribution in [3.05, 3.63) is 35.9 Å². The molecule has 1 aliphatic carbocycles. The smallest absolute Gasteiger partial charge is 0.305 e. The molecule has 21 heavy (non-hydrogen) atoms. The Balaban J connectivity index is 1.88. The summed E-state index contributed by atoms with van der Waals surface area (Å²) in [6.07, 6.45) is 2.04. The highest BCUT2D eigenvalue weighted by Crippen LogP contribution is 2.45. The Morgan fingerprint density at radius 2 is 1.95 bits per heavy atom. The Morgan fingerprint density at radius 1 is 1.29 bits per heavy atom. The molecule has 0 spiro atoms. The second-order valence-corrected chi connectivity index (χ2v) is 7.12. The number of hydrogen-bond acceptors (Lipinski definition) is 4. The lowest BCUT2D eigenvalue weighted by atomic mass is 10.1. The fourth-order valence-electron chi connectivity index (χ4n) is 2.32. The van der Waals surface area contributed by atoms with Crippen LogP contribution in [0.3, 0.4) is 0 Å². The summed E-state index contributed by atoms with van der Waals surface area (Å²) in [4.78, 5) is 11.2. The number of rotatable bonds is 8. The average molecular weight is 311 g/mol. The van der Waals surface area contributed by atoms with Gasteiger partial charge in [0.05, 0.1) is 17.9 Å². The second kappa shape index (κ2) is 6.58. The molecule has 0 atom stereocenters. The van der Waals surface area contributed by atoms with E-state index in [0.29, 0.717) is 6.61 Å². The van der Waals surface area contributed by atoms with Crippen LogP contribution in [-0.4, -0.2) is 26.7 Å². The molecular weight excluding hydrogens is 290 g/mol. The van der Waals surface area contributed by atoms with Gasteiger partial charge in [0.25, 0.3) is 0 Å². The third-order valence-corrected chi connectivity index (χ3v) is 5.05. The Labute approximate surface area is 125 Å². The largest absolute Gasteiger partial charge is 0.466 e. The van der Waals surface area contributed by atoms with E-state index in [1.54, 1.807) is 6.92 Å². The summed E-state index contributed by atoms with van der Waals surface area (Å²) in [5, 5.41) is 0. The van der Waals surface area contributed by atoms with Gasteiger partial charge in [0, 0.05) is 6.42 Å². The summed E-state index contributed by atoms with van der Waals surface area (Å²) in [5.41, 5.74) is 0.559. The minimum absolute atomic E-state index is 0.0552. The molecule has 0 heterocycles. The summed E-state index contributed by atoms with van der Waals surface area (Å²) in [6, 6.07) is 9.60. The molecular formula is C15H21NO4S. The fourth-order valence-corrected chi connectivity index (χ4v) is 3.86. The Bertz CT molecular complexity index is 579. The standard InChI is InChI=1S/C15H21NO4S/c1-2-20-14(17)9-6-12-21(18,19)16-15(10-11-15)13-7-4-3-5-8-13/h3-5,7-8,16H,2,6,9-12H2,1H3. The third-order valence-electron chi connectivity index (χ3n) is 3.53. The van der Waals surface area contributed by atoms with Crippen LogP contribution < -0.4 is 4.72 Å². The molecule has 1 aromatic carbocycles. The van der Waals surface area contributed by atoms with Crippen molar-refractivity contribution < 1.29 is 17.9 Å². The van der Waals surface area contributed by atoms with Gasteiger partial charge in [-0.15, -0.1) is 0 Å². The van der Waals surface area contributed by atoms with E-state index >= 15 is 0 Å². The van der Waals surface area contributed by atoms with Gasteiger partial charge in [-0.1, -0.05) is 30.3 Å². The summed E-state index contributed by atoms with van der Waals surface area (Å²) in [7, 11) is -3.39. The topological polar surface area (TPSA) is 72.5 Å². The van der Waals surface area contributed by atoms with Crippen LogP contribution >= 0.6 is 0 Å². The zero-order valence-corrected chi connectivity index (χ0v) is 13.0. The maximum atomic E-state index is 12.1. The molecule has 2 rings (SSSR count). The van der Waals surface area contributed by atoms with E-state index in [1.807, 2.05) is 30.3 Å². The van der Waals surface area contributed by atoms with Crippen molar-refractivity contribution in [3.63, 3.8) is 0 Å². The van der Waals surface area contributed by atoms with Gasteiger partial charge in [0.2, 0.25) is 10.0 Å². The molecule has 0 aromatic heterocycles. The fraction of sp³-hybridized carbons (Fsp3) is 0.533. The molecule has 0 aliphatic heterocycles. The number of hydrogen-bond donors (Lipinski definition) is 1. The number of esters is 1. The normalized spacial score (nSPS) is 16.4. The van der Waals surface area contributed by atoms with Gasteiger partial charge in [0.15, 0.2) is 0 Å². The lowest BCUT2D eigenvalue weighted by Crippen LogP contribution is -2.36. The van der Waals surface area contributed by atoms with Crippen LogP contribution in [0.2, 0.25) is 0 Å². The highest BCUT2D eigenvalue weighted by atomic mass is 32.2. The molecule has 0 saturated heterocycles. The minimum Gasteiger partial charge on any atom is -0.466 e. The maximum absolute atomic E-state index is 12.1. The molecule has 1 fully saturated rings. The number of carbonyl (C=O) groups excluding carboxylic acids is 1. The maximum Gasteiger partial charge on any atom is 0.305 e. The van der Waals surface area contributed by atoms with Crippen LogP contribution in [0, 0.1) is 0 Å². The van der Waals surface area contributed by atoms with Crippen LogP contribution in [0.5, 0.6) is 0 Å². The summed E-state index contributed by atoms with van der Waals surface area (Å²) in [6.45, 7) is 2.05. The van der Waals surface area contributed by atoms with Gasteiger partial charge < -0.3 is 4.74 Å². The molecule has 1 aliphatic rings. The molecule has 5 nitrogen and oxygen atoms in total. The van der Waals surface area contributed by atoms with E-state index in [1.165, 1.54) is 0 Å². The van der Waals surface area contributed by atoms with Gasteiger partial charge >= 0.3 is 5.97 Å². The molecule has 116 valence electrons. The number of carbonyl (C=O) groups is 1. The predicted molar refractivity (Wildman–Crippen MR) is 80.1 cm³/mol. The number of benzene rings is 1. The van der Waals surface area contributed by atoms with E-state index in [2.05, 4.69) is 4.72 Å². The molecule has 0 unspecified atom stereocenters. The highest BCUT2D eigenvalue weighted by Gasteiger charge is 2.46. The summed E-state index contributed by atoms with van der Waals surface area (Å²) < 4.78 is 31.8. The van der Waals surface area contributed by atoms with Gasteiger partial charge in [-0.05, 0) is 31.7 Å². The van der Waals surface area contributed by atoms with Crippen LogP contribution in [0.4, 0.5) is 0 Å². The number of ether oxygens (including phenoxy) is 1. The Morgan fingerprint density at radius 3 is 2.52 bits per heavy atom. The van der Waals surface area contributed by atoms with Crippen LogP contribution in [0.15, 0.2) is 30.3 Å². The van der Waals surface area contributed by atoms with E-state index in [0.717, 1.165) is 18.4 Å². The minimum atomic E-state index is -3.39. The first-order chi connectivity index (χ1) is 9.97. The first-order valence-electron chi connectivity index (χ1n) is 7.20. The Hall–Kier alpha value is -1.40. The van der Waals surface area contributed by atoms with E-state index < -0.39 is 15.6 Å². The van der Waals surface area contributed by atoms with Crippen molar-refractivity contribution in [1.82, 2.24) is 4.72 Å². The zero-order chi connectivity index (χ0) is 15.3. The van der Waals surface area contributed by atoms with Gasteiger partial charge in [-0.2, -0.15) is 0 Å². The monoisotopic (exact) mass is 311 g/mol. The average Bonchev–Trinajstić information content (AvgIpc) is 3.20. The van der Waals surface area contributed by atoms with Crippen LogP contribution in [0.1, 0.15) is 38.2 Å².